The lowest BCUT2D eigenvalue weighted by molar-refractivity contribution is -0.142. The minimum Gasteiger partial charge on any atom is -0.493 e. The molecular weight excluding hydrogens is 488 g/mol. The van der Waals surface area contributed by atoms with Gasteiger partial charge in [0.1, 0.15) is 6.10 Å². The van der Waals surface area contributed by atoms with E-state index in [4.69, 9.17) is 9.47 Å². The van der Waals surface area contributed by atoms with Crippen molar-refractivity contribution in [1.29, 1.82) is 0 Å². The SMILES string of the molecule is CCNC(=NCC(C)Oc1ccccc1OC)NCCN(C)CC(F)(F)F.I. The first-order chi connectivity index (χ1) is 12.7. The van der Waals surface area contributed by atoms with E-state index in [1.165, 1.54) is 11.9 Å². The van der Waals surface area contributed by atoms with Crippen LogP contribution in [0.3, 0.4) is 0 Å². The van der Waals surface area contributed by atoms with Crippen molar-refractivity contribution < 1.29 is 22.6 Å². The molecule has 0 saturated heterocycles. The Kier molecular flexibility index (Phi) is 13.0. The molecule has 1 unspecified atom stereocenters. The monoisotopic (exact) mass is 518 g/mol. The molecule has 1 aromatic rings. The van der Waals surface area contributed by atoms with Gasteiger partial charge in [-0.25, -0.2) is 4.99 Å². The summed E-state index contributed by atoms with van der Waals surface area (Å²) in [5.74, 6) is 1.81. The normalized spacial score (nSPS) is 12.9. The fourth-order valence-electron chi connectivity index (χ4n) is 2.28. The summed E-state index contributed by atoms with van der Waals surface area (Å²) in [4.78, 5) is 5.64. The molecule has 0 aliphatic carbocycles. The molecule has 0 spiro atoms. The van der Waals surface area contributed by atoms with E-state index in [-0.39, 0.29) is 36.6 Å². The van der Waals surface area contributed by atoms with Gasteiger partial charge < -0.3 is 20.1 Å². The minimum atomic E-state index is -4.20. The van der Waals surface area contributed by atoms with Crippen LogP contribution in [0.15, 0.2) is 29.3 Å². The molecule has 0 aliphatic heterocycles. The van der Waals surface area contributed by atoms with Crippen molar-refractivity contribution in [2.24, 2.45) is 4.99 Å². The molecule has 0 aliphatic rings. The molecule has 6 nitrogen and oxygen atoms in total. The van der Waals surface area contributed by atoms with Crippen molar-refractivity contribution in [3.63, 3.8) is 0 Å². The molecule has 1 aromatic carbocycles. The first-order valence-corrected chi connectivity index (χ1v) is 8.82. The average molecular weight is 518 g/mol. The first-order valence-electron chi connectivity index (χ1n) is 8.82. The van der Waals surface area contributed by atoms with Crippen LogP contribution in [0.1, 0.15) is 13.8 Å². The first kappa shape index (κ1) is 26.6. The molecular formula is C18H30F3IN4O2. The van der Waals surface area contributed by atoms with Crippen LogP contribution < -0.4 is 20.1 Å². The highest BCUT2D eigenvalue weighted by Gasteiger charge is 2.28. The molecule has 0 bridgehead atoms. The summed E-state index contributed by atoms with van der Waals surface area (Å²) in [5, 5.41) is 6.09. The number of likely N-dealkylation sites (N-methyl/N-ethyl adjacent to an activating group) is 1. The van der Waals surface area contributed by atoms with E-state index >= 15 is 0 Å². The quantitative estimate of drug-likeness (QED) is 0.283. The molecule has 1 rings (SSSR count). The second-order valence-electron chi connectivity index (χ2n) is 6.08. The number of methoxy groups -OCH3 is 1. The molecule has 28 heavy (non-hydrogen) atoms. The number of benzene rings is 1. The van der Waals surface area contributed by atoms with E-state index < -0.39 is 12.7 Å². The molecule has 0 aromatic heterocycles. The van der Waals surface area contributed by atoms with Crippen LogP contribution >= 0.6 is 24.0 Å². The Balaban J connectivity index is 0.00000729. The number of ether oxygens (including phenoxy) is 2. The Morgan fingerprint density at radius 1 is 1.21 bits per heavy atom. The molecule has 0 amide bonds. The highest BCUT2D eigenvalue weighted by molar-refractivity contribution is 14.0. The predicted octanol–water partition coefficient (Wildman–Crippen LogP) is 3.13. The van der Waals surface area contributed by atoms with E-state index in [0.29, 0.717) is 37.1 Å². The van der Waals surface area contributed by atoms with Gasteiger partial charge in [0.15, 0.2) is 17.5 Å². The van der Waals surface area contributed by atoms with Gasteiger partial charge in [0.05, 0.1) is 20.2 Å². The fourth-order valence-corrected chi connectivity index (χ4v) is 2.28. The van der Waals surface area contributed by atoms with Crippen LogP contribution in [0, 0.1) is 0 Å². The maximum absolute atomic E-state index is 12.3. The number of nitrogens with one attached hydrogen (secondary N) is 2. The van der Waals surface area contributed by atoms with Crippen molar-refractivity contribution in [1.82, 2.24) is 15.5 Å². The number of alkyl halides is 3. The van der Waals surface area contributed by atoms with Gasteiger partial charge in [-0.05, 0) is 33.0 Å². The molecule has 1 atom stereocenters. The number of rotatable bonds is 10. The van der Waals surface area contributed by atoms with Crippen molar-refractivity contribution in [3.8, 4) is 11.5 Å². The number of guanidine groups is 1. The second kappa shape index (κ2) is 13.7. The van der Waals surface area contributed by atoms with Gasteiger partial charge >= 0.3 is 6.18 Å². The molecule has 162 valence electrons. The van der Waals surface area contributed by atoms with E-state index in [0.717, 1.165) is 0 Å². The van der Waals surface area contributed by atoms with E-state index in [2.05, 4.69) is 15.6 Å². The third-order valence-corrected chi connectivity index (χ3v) is 3.48. The average Bonchev–Trinajstić information content (AvgIpc) is 2.58. The van der Waals surface area contributed by atoms with Crippen LogP contribution in [0.2, 0.25) is 0 Å². The van der Waals surface area contributed by atoms with Gasteiger partial charge in [0.25, 0.3) is 0 Å². The standard InChI is InChI=1S/C18H29F3N4O2.HI/c1-5-22-17(23-10-11-25(3)13-18(19,20)21)24-12-14(2)27-16-9-7-6-8-15(16)26-4;/h6-9,14H,5,10-13H2,1-4H3,(H2,22,23,24);1H. The van der Waals surface area contributed by atoms with Crippen molar-refractivity contribution >= 4 is 29.9 Å². The van der Waals surface area contributed by atoms with Gasteiger partial charge in [0, 0.05) is 19.6 Å². The minimum absolute atomic E-state index is 0. The summed E-state index contributed by atoms with van der Waals surface area (Å²) < 4.78 is 48.1. The van der Waals surface area contributed by atoms with Gasteiger partial charge in [-0.3, -0.25) is 4.90 Å². The highest BCUT2D eigenvalue weighted by atomic mass is 127. The molecule has 2 N–H and O–H groups in total. The lowest BCUT2D eigenvalue weighted by Crippen LogP contribution is -2.42. The molecule has 0 heterocycles. The summed E-state index contributed by atoms with van der Waals surface area (Å²) in [5.41, 5.74) is 0. The highest BCUT2D eigenvalue weighted by Crippen LogP contribution is 2.26. The molecule has 0 radical (unpaired) electrons. The van der Waals surface area contributed by atoms with Crippen LogP contribution in [0.25, 0.3) is 0 Å². The maximum Gasteiger partial charge on any atom is 0.401 e. The number of aliphatic imine (C=N–C) groups is 1. The van der Waals surface area contributed by atoms with Gasteiger partial charge in [0.2, 0.25) is 0 Å². The summed E-state index contributed by atoms with van der Waals surface area (Å²) in [6, 6.07) is 7.35. The summed E-state index contributed by atoms with van der Waals surface area (Å²) in [7, 11) is 3.01. The van der Waals surface area contributed by atoms with E-state index in [1.54, 1.807) is 7.11 Å². The maximum atomic E-state index is 12.3. The van der Waals surface area contributed by atoms with Crippen molar-refractivity contribution in [3.05, 3.63) is 24.3 Å². The van der Waals surface area contributed by atoms with Crippen LogP contribution in [-0.4, -0.2) is 70.0 Å². The Hall–Kier alpha value is -1.43. The van der Waals surface area contributed by atoms with Crippen molar-refractivity contribution in [2.75, 3.05) is 46.9 Å². The second-order valence-corrected chi connectivity index (χ2v) is 6.08. The smallest absolute Gasteiger partial charge is 0.401 e. The van der Waals surface area contributed by atoms with Gasteiger partial charge in [-0.1, -0.05) is 12.1 Å². The third-order valence-electron chi connectivity index (χ3n) is 3.48. The van der Waals surface area contributed by atoms with Gasteiger partial charge in [-0.2, -0.15) is 13.2 Å². The largest absolute Gasteiger partial charge is 0.493 e. The zero-order chi connectivity index (χ0) is 20.3. The Morgan fingerprint density at radius 3 is 2.43 bits per heavy atom. The van der Waals surface area contributed by atoms with Gasteiger partial charge in [-0.15, -0.1) is 24.0 Å². The third kappa shape index (κ3) is 11.4. The van der Waals surface area contributed by atoms with Crippen molar-refractivity contribution in [2.45, 2.75) is 26.1 Å². The Morgan fingerprint density at radius 2 is 1.86 bits per heavy atom. The summed E-state index contributed by atoms with van der Waals surface area (Å²) in [6.45, 7) is 4.49. The van der Waals surface area contributed by atoms with Crippen LogP contribution in [0.4, 0.5) is 13.2 Å². The summed E-state index contributed by atoms with van der Waals surface area (Å²) >= 11 is 0. The Bertz CT molecular complexity index is 588. The zero-order valence-corrected chi connectivity index (χ0v) is 19.0. The topological polar surface area (TPSA) is 58.1 Å². The number of halogens is 4. The fraction of sp³-hybridized carbons (Fsp3) is 0.611. The number of hydrogen-bond acceptors (Lipinski definition) is 4. The molecule has 0 fully saturated rings. The molecule has 10 heteroatoms. The number of nitrogens with zero attached hydrogens (tertiary/aromatic N) is 2. The van der Waals surface area contributed by atoms with Crippen LogP contribution in [-0.2, 0) is 0 Å². The zero-order valence-electron chi connectivity index (χ0n) is 16.7. The van der Waals surface area contributed by atoms with Crippen LogP contribution in [0.5, 0.6) is 11.5 Å². The molecule has 0 saturated carbocycles. The summed E-state index contributed by atoms with van der Waals surface area (Å²) in [6.07, 6.45) is -4.40. The lowest BCUT2D eigenvalue weighted by atomic mass is 10.3. The van der Waals surface area contributed by atoms with E-state index in [1.807, 2.05) is 38.1 Å². The Labute approximate surface area is 181 Å². The number of para-hydroxylation sites is 2. The number of hydrogen-bond donors (Lipinski definition) is 2. The predicted molar refractivity (Wildman–Crippen MR) is 116 cm³/mol. The lowest BCUT2D eigenvalue weighted by Gasteiger charge is -2.20. The van der Waals surface area contributed by atoms with E-state index in [9.17, 15) is 13.2 Å².